The van der Waals surface area contributed by atoms with Crippen molar-refractivity contribution in [1.29, 1.82) is 0 Å². The molecule has 0 aromatic heterocycles. The first kappa shape index (κ1) is 14.2. The van der Waals surface area contributed by atoms with Crippen molar-refractivity contribution in [3.8, 4) is 0 Å². The Hall–Kier alpha value is -1.20. The minimum atomic E-state index is -3.44. The fourth-order valence-corrected chi connectivity index (χ4v) is 3.91. The van der Waals surface area contributed by atoms with Crippen LogP contribution in [0.25, 0.3) is 0 Å². The summed E-state index contributed by atoms with van der Waals surface area (Å²) in [7, 11) is -1.80. The Balaban J connectivity index is 2.25. The topological polar surface area (TPSA) is 54.5 Å². The van der Waals surface area contributed by atoms with Crippen molar-refractivity contribution in [1.82, 2.24) is 4.31 Å². The number of sulfonamides is 1. The van der Waals surface area contributed by atoms with Crippen LogP contribution in [0.1, 0.15) is 43.0 Å². The summed E-state index contributed by atoms with van der Waals surface area (Å²) in [6, 6.07) is 6.27. The molecule has 0 spiro atoms. The smallest absolute Gasteiger partial charge is 0.243 e. The van der Waals surface area contributed by atoms with Crippen molar-refractivity contribution >= 4 is 15.8 Å². The molecular formula is C14H19NO3S. The van der Waals surface area contributed by atoms with Gasteiger partial charge in [0.2, 0.25) is 10.0 Å². The van der Waals surface area contributed by atoms with Crippen molar-refractivity contribution in [2.75, 3.05) is 7.05 Å². The van der Waals surface area contributed by atoms with E-state index >= 15 is 0 Å². The van der Waals surface area contributed by atoms with Gasteiger partial charge in [-0.2, -0.15) is 4.31 Å². The third-order valence-corrected chi connectivity index (χ3v) is 5.70. The Morgan fingerprint density at radius 3 is 2.16 bits per heavy atom. The number of Topliss-reactive ketones (excluding diaryl/α,β-unsaturated/α-hetero) is 1. The summed E-state index contributed by atoms with van der Waals surface area (Å²) in [4.78, 5) is 11.4. The van der Waals surface area contributed by atoms with Gasteiger partial charge in [0.05, 0.1) is 4.90 Å². The number of hydrogen-bond donors (Lipinski definition) is 0. The van der Waals surface area contributed by atoms with Gasteiger partial charge in [0.1, 0.15) is 0 Å². The quantitative estimate of drug-likeness (QED) is 0.797. The van der Waals surface area contributed by atoms with E-state index < -0.39 is 10.0 Å². The lowest BCUT2D eigenvalue weighted by Crippen LogP contribution is -2.35. The number of ketones is 1. The summed E-state index contributed by atoms with van der Waals surface area (Å²) in [6.07, 6.45) is 4.05. The lowest BCUT2D eigenvalue weighted by atomic mass is 10.2. The molecule has 0 radical (unpaired) electrons. The summed E-state index contributed by atoms with van der Waals surface area (Å²) in [6.45, 7) is 1.47. The highest BCUT2D eigenvalue weighted by atomic mass is 32.2. The zero-order valence-corrected chi connectivity index (χ0v) is 12.1. The standard InChI is InChI=1S/C14H19NO3S/c1-11(16)12-7-9-14(10-8-12)19(17,18)15(2)13-5-3-4-6-13/h7-10,13H,3-6H2,1-2H3. The first-order valence-electron chi connectivity index (χ1n) is 6.52. The minimum Gasteiger partial charge on any atom is -0.295 e. The Morgan fingerprint density at radius 2 is 1.68 bits per heavy atom. The molecule has 1 fully saturated rings. The monoisotopic (exact) mass is 281 g/mol. The molecule has 0 N–H and O–H groups in total. The summed E-state index contributed by atoms with van der Waals surface area (Å²) < 4.78 is 26.4. The average Bonchev–Trinajstić information content (AvgIpc) is 2.91. The van der Waals surface area contributed by atoms with E-state index in [1.165, 1.54) is 23.4 Å². The number of carbonyl (C=O) groups is 1. The zero-order chi connectivity index (χ0) is 14.0. The van der Waals surface area contributed by atoms with E-state index in [4.69, 9.17) is 0 Å². The molecule has 0 unspecified atom stereocenters. The molecular weight excluding hydrogens is 262 g/mol. The highest BCUT2D eigenvalue weighted by Gasteiger charge is 2.29. The Labute approximate surface area is 114 Å². The molecule has 0 amide bonds. The van der Waals surface area contributed by atoms with E-state index in [0.717, 1.165) is 25.7 Å². The molecule has 0 atom stereocenters. The van der Waals surface area contributed by atoms with Gasteiger partial charge in [-0.1, -0.05) is 25.0 Å². The van der Waals surface area contributed by atoms with E-state index in [-0.39, 0.29) is 16.7 Å². The van der Waals surface area contributed by atoms with Crippen LogP contribution in [0, 0.1) is 0 Å². The molecule has 0 saturated heterocycles. The summed E-state index contributed by atoms with van der Waals surface area (Å²) in [5.41, 5.74) is 0.530. The molecule has 2 rings (SSSR count). The molecule has 1 aliphatic carbocycles. The van der Waals surface area contributed by atoms with Gasteiger partial charge < -0.3 is 0 Å². The van der Waals surface area contributed by atoms with Gasteiger partial charge in [0, 0.05) is 18.7 Å². The lowest BCUT2D eigenvalue weighted by molar-refractivity contribution is 0.101. The largest absolute Gasteiger partial charge is 0.295 e. The summed E-state index contributed by atoms with van der Waals surface area (Å²) in [5.74, 6) is -0.0619. The van der Waals surface area contributed by atoms with Crippen LogP contribution in [0.15, 0.2) is 29.2 Å². The van der Waals surface area contributed by atoms with Crippen LogP contribution in [0.4, 0.5) is 0 Å². The Morgan fingerprint density at radius 1 is 1.16 bits per heavy atom. The average molecular weight is 281 g/mol. The SMILES string of the molecule is CC(=O)c1ccc(S(=O)(=O)N(C)C2CCCC2)cc1. The molecule has 19 heavy (non-hydrogen) atoms. The fraction of sp³-hybridized carbons (Fsp3) is 0.500. The number of hydrogen-bond acceptors (Lipinski definition) is 3. The Bertz CT molecular complexity index is 557. The van der Waals surface area contributed by atoms with Crippen LogP contribution in [0.2, 0.25) is 0 Å². The molecule has 1 aliphatic rings. The van der Waals surface area contributed by atoms with E-state index in [1.807, 2.05) is 0 Å². The first-order valence-corrected chi connectivity index (χ1v) is 7.96. The van der Waals surface area contributed by atoms with Crippen LogP contribution >= 0.6 is 0 Å². The fourth-order valence-electron chi connectivity index (χ4n) is 2.49. The van der Waals surface area contributed by atoms with Crippen molar-refractivity contribution in [2.45, 2.75) is 43.5 Å². The molecule has 1 saturated carbocycles. The number of nitrogens with zero attached hydrogens (tertiary/aromatic N) is 1. The van der Waals surface area contributed by atoms with Gasteiger partial charge in [0.25, 0.3) is 0 Å². The van der Waals surface area contributed by atoms with Crippen molar-refractivity contribution in [3.63, 3.8) is 0 Å². The minimum absolute atomic E-state index is 0.0619. The predicted octanol–water partition coefficient (Wildman–Crippen LogP) is 2.45. The first-order chi connectivity index (χ1) is 8.93. The van der Waals surface area contributed by atoms with Gasteiger partial charge in [-0.3, -0.25) is 4.79 Å². The third-order valence-electron chi connectivity index (χ3n) is 3.78. The normalized spacial score (nSPS) is 17.0. The second-order valence-corrected chi connectivity index (χ2v) is 7.04. The molecule has 0 bridgehead atoms. The summed E-state index contributed by atoms with van der Waals surface area (Å²) in [5, 5.41) is 0. The highest BCUT2D eigenvalue weighted by molar-refractivity contribution is 7.89. The van der Waals surface area contributed by atoms with E-state index in [2.05, 4.69) is 0 Å². The molecule has 1 aromatic rings. The van der Waals surface area contributed by atoms with Crippen molar-refractivity contribution < 1.29 is 13.2 Å². The molecule has 104 valence electrons. The second kappa shape index (κ2) is 5.43. The van der Waals surface area contributed by atoms with Gasteiger partial charge in [0.15, 0.2) is 5.78 Å². The summed E-state index contributed by atoms with van der Waals surface area (Å²) >= 11 is 0. The van der Waals surface area contributed by atoms with Gasteiger partial charge >= 0.3 is 0 Å². The maximum Gasteiger partial charge on any atom is 0.243 e. The molecule has 4 nitrogen and oxygen atoms in total. The molecule has 0 aliphatic heterocycles. The van der Waals surface area contributed by atoms with E-state index in [1.54, 1.807) is 19.2 Å². The van der Waals surface area contributed by atoms with Crippen molar-refractivity contribution in [2.24, 2.45) is 0 Å². The molecule has 5 heteroatoms. The van der Waals surface area contributed by atoms with Crippen molar-refractivity contribution in [3.05, 3.63) is 29.8 Å². The van der Waals surface area contributed by atoms with Gasteiger partial charge in [-0.25, -0.2) is 8.42 Å². The van der Waals surface area contributed by atoms with Crippen LogP contribution < -0.4 is 0 Å². The third kappa shape index (κ3) is 2.87. The lowest BCUT2D eigenvalue weighted by Gasteiger charge is -2.23. The second-order valence-electron chi connectivity index (χ2n) is 5.04. The molecule has 1 aromatic carbocycles. The maximum atomic E-state index is 12.4. The van der Waals surface area contributed by atoms with Gasteiger partial charge in [-0.05, 0) is 31.9 Å². The van der Waals surface area contributed by atoms with E-state index in [9.17, 15) is 13.2 Å². The maximum absolute atomic E-state index is 12.4. The number of carbonyl (C=O) groups excluding carboxylic acids is 1. The van der Waals surface area contributed by atoms with Crippen LogP contribution in [0.3, 0.4) is 0 Å². The molecule has 0 heterocycles. The zero-order valence-electron chi connectivity index (χ0n) is 11.3. The van der Waals surface area contributed by atoms with Crippen LogP contribution in [-0.2, 0) is 10.0 Å². The predicted molar refractivity (Wildman–Crippen MR) is 73.7 cm³/mol. The highest BCUT2D eigenvalue weighted by Crippen LogP contribution is 2.27. The Kier molecular flexibility index (Phi) is 4.06. The van der Waals surface area contributed by atoms with Crippen LogP contribution in [-0.4, -0.2) is 31.6 Å². The number of benzene rings is 1. The van der Waals surface area contributed by atoms with E-state index in [0.29, 0.717) is 5.56 Å². The van der Waals surface area contributed by atoms with Crippen LogP contribution in [0.5, 0.6) is 0 Å². The number of rotatable bonds is 4. The van der Waals surface area contributed by atoms with Gasteiger partial charge in [-0.15, -0.1) is 0 Å².